The van der Waals surface area contributed by atoms with Gasteiger partial charge in [-0.2, -0.15) is 4.31 Å². The van der Waals surface area contributed by atoms with E-state index in [4.69, 9.17) is 4.74 Å². The number of nitrogens with one attached hydrogen (secondary N) is 1. The Balaban J connectivity index is 1.60. The van der Waals surface area contributed by atoms with Crippen molar-refractivity contribution in [3.8, 4) is 5.75 Å². The van der Waals surface area contributed by atoms with Crippen LogP contribution in [-0.4, -0.2) is 61.4 Å². The second kappa shape index (κ2) is 9.96. The maximum absolute atomic E-state index is 12.9. The number of rotatable bonds is 7. The van der Waals surface area contributed by atoms with Crippen molar-refractivity contribution in [1.29, 1.82) is 0 Å². The number of piperazine rings is 1. The number of sulfonamides is 1. The van der Waals surface area contributed by atoms with E-state index < -0.39 is 14.9 Å². The maximum atomic E-state index is 12.9. The minimum absolute atomic E-state index is 0.104. The molecule has 11 heteroatoms. The molecule has 1 N–H and O–H groups in total. The lowest BCUT2D eigenvalue weighted by Gasteiger charge is -2.34. The number of urea groups is 1. The summed E-state index contributed by atoms with van der Waals surface area (Å²) in [6, 6.07) is 11.9. The first kappa shape index (κ1) is 23.5. The Morgan fingerprint density at radius 1 is 1.16 bits per heavy atom. The standard InChI is InChI=1S/C21H26N4O6S/c1-3-31-19-8-4-6-17(14-19)16(2)22-21(26)23-10-12-24(13-11-23)32(29,30)20-9-5-7-18(15-20)25(27)28/h4-9,14-16H,3,10-13H2,1-2H3,(H,22,26). The van der Waals surface area contributed by atoms with Crippen molar-refractivity contribution in [1.82, 2.24) is 14.5 Å². The Hall–Kier alpha value is -3.18. The van der Waals surface area contributed by atoms with Gasteiger partial charge in [0.05, 0.1) is 22.5 Å². The fraction of sp³-hybridized carbons (Fsp3) is 0.381. The van der Waals surface area contributed by atoms with E-state index >= 15 is 0 Å². The van der Waals surface area contributed by atoms with Crippen molar-refractivity contribution in [3.05, 3.63) is 64.2 Å². The Bertz CT molecular complexity index is 1080. The summed E-state index contributed by atoms with van der Waals surface area (Å²) in [4.78, 5) is 24.4. The molecule has 2 aromatic rings. The van der Waals surface area contributed by atoms with E-state index in [2.05, 4.69) is 5.32 Å². The van der Waals surface area contributed by atoms with E-state index in [0.717, 1.165) is 17.4 Å². The lowest BCUT2D eigenvalue weighted by Crippen LogP contribution is -2.53. The Kier molecular flexibility index (Phi) is 7.31. The topological polar surface area (TPSA) is 122 Å². The molecule has 1 saturated heterocycles. The van der Waals surface area contributed by atoms with Crippen LogP contribution in [-0.2, 0) is 10.0 Å². The number of hydrogen-bond donors (Lipinski definition) is 1. The van der Waals surface area contributed by atoms with Crippen molar-refractivity contribution in [2.75, 3.05) is 32.8 Å². The van der Waals surface area contributed by atoms with Crippen LogP contribution in [0.25, 0.3) is 0 Å². The molecular formula is C21H26N4O6S. The summed E-state index contributed by atoms with van der Waals surface area (Å²) in [5.41, 5.74) is 0.614. The quantitative estimate of drug-likeness (QED) is 0.499. The third kappa shape index (κ3) is 5.35. The zero-order chi connectivity index (χ0) is 23.3. The van der Waals surface area contributed by atoms with Crippen LogP contribution in [0.5, 0.6) is 5.75 Å². The number of benzene rings is 2. The highest BCUT2D eigenvalue weighted by Crippen LogP contribution is 2.23. The second-order valence-corrected chi connectivity index (χ2v) is 9.26. The molecule has 0 radical (unpaired) electrons. The summed E-state index contributed by atoms with van der Waals surface area (Å²) in [5, 5.41) is 13.9. The molecule has 1 aliphatic rings. The molecule has 1 fully saturated rings. The summed E-state index contributed by atoms with van der Waals surface area (Å²) >= 11 is 0. The SMILES string of the molecule is CCOc1cccc(C(C)NC(=O)N2CCN(S(=O)(=O)c3cccc([N+](=O)[O-])c3)CC2)c1. The molecule has 0 bridgehead atoms. The number of carbonyl (C=O) groups is 1. The average molecular weight is 463 g/mol. The van der Waals surface area contributed by atoms with Gasteiger partial charge in [-0.25, -0.2) is 13.2 Å². The van der Waals surface area contributed by atoms with Gasteiger partial charge in [0.25, 0.3) is 5.69 Å². The van der Waals surface area contributed by atoms with Crippen LogP contribution in [0.4, 0.5) is 10.5 Å². The lowest BCUT2D eigenvalue weighted by molar-refractivity contribution is -0.385. The molecule has 172 valence electrons. The highest BCUT2D eigenvalue weighted by Gasteiger charge is 2.31. The minimum Gasteiger partial charge on any atom is -0.494 e. The van der Waals surface area contributed by atoms with E-state index in [-0.39, 0.29) is 48.8 Å². The summed E-state index contributed by atoms with van der Waals surface area (Å²) in [5.74, 6) is 0.728. The van der Waals surface area contributed by atoms with Crippen LogP contribution in [0.15, 0.2) is 53.4 Å². The summed E-state index contributed by atoms with van der Waals surface area (Å²) in [6.45, 7) is 4.95. The second-order valence-electron chi connectivity index (χ2n) is 7.32. The van der Waals surface area contributed by atoms with Crippen molar-refractivity contribution in [2.45, 2.75) is 24.8 Å². The molecule has 0 saturated carbocycles. The van der Waals surface area contributed by atoms with E-state index in [1.54, 1.807) is 4.90 Å². The van der Waals surface area contributed by atoms with E-state index in [0.29, 0.717) is 6.61 Å². The van der Waals surface area contributed by atoms with Crippen molar-refractivity contribution >= 4 is 21.7 Å². The Morgan fingerprint density at radius 2 is 1.84 bits per heavy atom. The molecule has 2 amide bonds. The zero-order valence-electron chi connectivity index (χ0n) is 17.9. The number of hydrogen-bond acceptors (Lipinski definition) is 6. The first-order valence-electron chi connectivity index (χ1n) is 10.2. The lowest BCUT2D eigenvalue weighted by atomic mass is 10.1. The van der Waals surface area contributed by atoms with E-state index in [1.165, 1.54) is 22.5 Å². The van der Waals surface area contributed by atoms with E-state index in [1.807, 2.05) is 38.1 Å². The van der Waals surface area contributed by atoms with Gasteiger partial charge >= 0.3 is 6.03 Å². The smallest absolute Gasteiger partial charge is 0.317 e. The van der Waals surface area contributed by atoms with Gasteiger partial charge in [0, 0.05) is 38.3 Å². The third-order valence-corrected chi connectivity index (χ3v) is 7.10. The fourth-order valence-electron chi connectivity index (χ4n) is 3.44. The molecule has 0 aromatic heterocycles. The number of amides is 2. The van der Waals surface area contributed by atoms with Crippen molar-refractivity contribution < 1.29 is 22.9 Å². The number of nitro groups is 1. The molecule has 3 rings (SSSR count). The molecule has 0 spiro atoms. The van der Waals surface area contributed by atoms with Crippen molar-refractivity contribution in [2.24, 2.45) is 0 Å². The van der Waals surface area contributed by atoms with Crippen LogP contribution in [0, 0.1) is 10.1 Å². The summed E-state index contributed by atoms with van der Waals surface area (Å²) in [6.07, 6.45) is 0. The summed E-state index contributed by atoms with van der Waals surface area (Å²) < 4.78 is 32.5. The highest BCUT2D eigenvalue weighted by atomic mass is 32.2. The fourth-order valence-corrected chi connectivity index (χ4v) is 4.90. The number of non-ortho nitro benzene ring substituents is 1. The van der Waals surface area contributed by atoms with Gasteiger partial charge < -0.3 is 15.0 Å². The molecule has 2 aromatic carbocycles. The van der Waals surface area contributed by atoms with Gasteiger partial charge in [0.15, 0.2) is 0 Å². The maximum Gasteiger partial charge on any atom is 0.317 e. The van der Waals surface area contributed by atoms with Gasteiger partial charge in [-0.05, 0) is 37.6 Å². The first-order chi connectivity index (χ1) is 15.2. The van der Waals surface area contributed by atoms with Crippen LogP contribution in [0.3, 0.4) is 0 Å². The molecule has 0 aliphatic carbocycles. The third-order valence-electron chi connectivity index (χ3n) is 5.20. The van der Waals surface area contributed by atoms with Crippen LogP contribution in [0.2, 0.25) is 0 Å². The van der Waals surface area contributed by atoms with Gasteiger partial charge in [0.1, 0.15) is 5.75 Å². The van der Waals surface area contributed by atoms with Crippen molar-refractivity contribution in [3.63, 3.8) is 0 Å². The molecule has 1 heterocycles. The van der Waals surface area contributed by atoms with Gasteiger partial charge in [-0.3, -0.25) is 10.1 Å². The molecule has 10 nitrogen and oxygen atoms in total. The van der Waals surface area contributed by atoms with E-state index in [9.17, 15) is 23.3 Å². The van der Waals surface area contributed by atoms with Crippen LogP contribution >= 0.6 is 0 Å². The van der Waals surface area contributed by atoms with Crippen LogP contribution in [0.1, 0.15) is 25.5 Å². The summed E-state index contributed by atoms with van der Waals surface area (Å²) in [7, 11) is -3.89. The monoisotopic (exact) mass is 462 g/mol. The average Bonchev–Trinajstić information content (AvgIpc) is 2.79. The molecule has 32 heavy (non-hydrogen) atoms. The van der Waals surface area contributed by atoms with Crippen LogP contribution < -0.4 is 10.1 Å². The number of nitrogens with zero attached hydrogens (tertiary/aromatic N) is 3. The highest BCUT2D eigenvalue weighted by molar-refractivity contribution is 7.89. The van der Waals surface area contributed by atoms with Gasteiger partial charge in [0.2, 0.25) is 10.0 Å². The normalized spacial score (nSPS) is 15.8. The Labute approximate surface area is 187 Å². The minimum atomic E-state index is -3.89. The predicted octanol–water partition coefficient (Wildman–Crippen LogP) is 2.77. The Morgan fingerprint density at radius 3 is 2.50 bits per heavy atom. The first-order valence-corrected chi connectivity index (χ1v) is 11.7. The molecule has 1 aliphatic heterocycles. The number of ether oxygens (including phenoxy) is 1. The van der Waals surface area contributed by atoms with Gasteiger partial charge in [-0.15, -0.1) is 0 Å². The number of carbonyl (C=O) groups excluding carboxylic acids is 1. The van der Waals surface area contributed by atoms with Gasteiger partial charge in [-0.1, -0.05) is 18.2 Å². The molecule has 1 unspecified atom stereocenters. The zero-order valence-corrected chi connectivity index (χ0v) is 18.7. The molecular weight excluding hydrogens is 436 g/mol. The predicted molar refractivity (Wildman–Crippen MR) is 118 cm³/mol. The number of nitro benzene ring substituents is 1. The molecule has 1 atom stereocenters. The largest absolute Gasteiger partial charge is 0.494 e.